The fraction of sp³-hybridized carbons (Fsp3) is 0.435. The molecule has 0 spiro atoms. The average molecular weight is 895 g/mol. The van der Waals surface area contributed by atoms with Gasteiger partial charge in [0.25, 0.3) is 0 Å². The minimum Gasteiger partial charge on any atom is -0.512 e. The maximum atomic E-state index is 12.2. The first kappa shape index (κ1) is 41.4. The molecule has 0 aliphatic rings. The zero-order chi connectivity index (χ0) is 37.3. The number of allylic oxidation sites excluding steroid dienone is 2. The van der Waals surface area contributed by atoms with Gasteiger partial charge in [-0.15, -0.1) is 40.5 Å². The number of thiophene rings is 1. The van der Waals surface area contributed by atoms with Gasteiger partial charge in [0.1, 0.15) is 16.9 Å². The number of nitrogens with zero attached hydrogens (tertiary/aromatic N) is 1. The van der Waals surface area contributed by atoms with Crippen LogP contribution in [0.1, 0.15) is 113 Å². The van der Waals surface area contributed by atoms with Crippen LogP contribution in [-0.2, 0) is 36.7 Å². The van der Waals surface area contributed by atoms with Gasteiger partial charge in [-0.25, -0.2) is 0 Å². The van der Waals surface area contributed by atoms with Crippen molar-refractivity contribution in [2.24, 2.45) is 16.7 Å². The zero-order valence-electron chi connectivity index (χ0n) is 32.9. The predicted octanol–water partition coefficient (Wildman–Crippen LogP) is 14.0. The van der Waals surface area contributed by atoms with E-state index in [1.807, 2.05) is 47.7 Å². The van der Waals surface area contributed by atoms with Gasteiger partial charge in [0.05, 0.1) is 0 Å². The molecule has 0 fully saturated rings. The van der Waals surface area contributed by atoms with Crippen LogP contribution in [0.15, 0.2) is 76.4 Å². The van der Waals surface area contributed by atoms with Crippen LogP contribution in [0.2, 0.25) is 0 Å². The van der Waals surface area contributed by atoms with Crippen molar-refractivity contribution >= 4 is 59.9 Å². The molecule has 0 aliphatic carbocycles. The molecule has 0 saturated heterocycles. The summed E-state index contributed by atoms with van der Waals surface area (Å²) in [5.41, 5.74) is 5.73. The normalized spacial score (nSPS) is 12.8. The third kappa shape index (κ3) is 8.25. The maximum Gasteiger partial charge on any atom is 0.164 e. The number of furan rings is 1. The van der Waals surface area contributed by atoms with E-state index in [4.69, 9.17) is 9.40 Å². The van der Waals surface area contributed by atoms with Gasteiger partial charge >= 0.3 is 0 Å². The van der Waals surface area contributed by atoms with E-state index in [9.17, 15) is 9.90 Å². The monoisotopic (exact) mass is 895 g/mol. The van der Waals surface area contributed by atoms with E-state index in [1.165, 1.54) is 32.7 Å². The molecular formula is C46H56IrNO3S-. The van der Waals surface area contributed by atoms with E-state index in [2.05, 4.69) is 94.6 Å². The Morgan fingerprint density at radius 3 is 2.15 bits per heavy atom. The Balaban J connectivity index is 0.000000289. The molecule has 279 valence electrons. The van der Waals surface area contributed by atoms with Crippen molar-refractivity contribution in [1.82, 2.24) is 4.98 Å². The second kappa shape index (κ2) is 16.4. The Hall–Kier alpha value is -3.31. The molecule has 6 aromatic rings. The summed E-state index contributed by atoms with van der Waals surface area (Å²) in [5.74, 6) is 0.916. The number of aromatic nitrogens is 1. The van der Waals surface area contributed by atoms with Gasteiger partial charge in [-0.1, -0.05) is 105 Å². The van der Waals surface area contributed by atoms with Gasteiger partial charge in [0.2, 0.25) is 0 Å². The fourth-order valence-corrected chi connectivity index (χ4v) is 7.71. The number of fused-ring (bicyclic) bond motifs is 5. The molecule has 3 aromatic carbocycles. The van der Waals surface area contributed by atoms with Gasteiger partial charge < -0.3 is 9.52 Å². The fourth-order valence-electron chi connectivity index (χ4n) is 6.73. The van der Waals surface area contributed by atoms with Crippen LogP contribution in [0.4, 0.5) is 0 Å². The van der Waals surface area contributed by atoms with Crippen LogP contribution < -0.4 is 0 Å². The van der Waals surface area contributed by atoms with Crippen LogP contribution in [0.3, 0.4) is 0 Å². The van der Waals surface area contributed by atoms with Crippen molar-refractivity contribution in [3.63, 3.8) is 0 Å². The summed E-state index contributed by atoms with van der Waals surface area (Å²) in [4.78, 5) is 17.0. The molecule has 0 unspecified atom stereocenters. The zero-order valence-corrected chi connectivity index (χ0v) is 36.1. The smallest absolute Gasteiger partial charge is 0.164 e. The van der Waals surface area contributed by atoms with Crippen molar-refractivity contribution in [3.05, 3.63) is 89.1 Å². The number of pyridine rings is 1. The summed E-state index contributed by atoms with van der Waals surface area (Å²) in [7, 11) is 0. The minimum atomic E-state index is -0.337. The first-order chi connectivity index (χ1) is 24.1. The first-order valence-electron chi connectivity index (χ1n) is 18.7. The molecule has 1 radical (unpaired) electrons. The van der Waals surface area contributed by atoms with E-state index in [0.717, 1.165) is 70.7 Å². The quantitative estimate of drug-likeness (QED) is 0.0845. The molecule has 0 amide bonds. The number of benzene rings is 3. The molecule has 6 heteroatoms. The Morgan fingerprint density at radius 2 is 1.54 bits per heavy atom. The standard InChI is InChI=1S/C31H28NOS.C15H28O2.Ir/c1-18(2)12-21-17-34-28-16-27-25(15-24(21)28)23-10-11-32-29(30(23)33-27)20-13-19-8-6-7-9-22(19)26(14-20)31(3,4)5;1-7-14(5,8-2)12(16)11-13(17)15(6,9-3)10-4;/h6-11,14-18H,12H2,1-5H3;11,16H,7-10H2,1-6H3;/q-1;;/b;12-11-;. The molecule has 52 heavy (non-hydrogen) atoms. The average Bonchev–Trinajstić information content (AvgIpc) is 3.68. The number of hydrogen-bond donors (Lipinski definition) is 1. The van der Waals surface area contributed by atoms with Gasteiger partial charge in [-0.05, 0) is 78.0 Å². The minimum absolute atomic E-state index is 0. The number of hydrogen-bond acceptors (Lipinski definition) is 5. The molecule has 0 aliphatic heterocycles. The molecule has 6 rings (SSSR count). The maximum absolute atomic E-state index is 12.2. The molecule has 3 aromatic heterocycles. The van der Waals surface area contributed by atoms with Crippen molar-refractivity contribution in [3.8, 4) is 11.3 Å². The number of carbonyl (C=O) groups is 1. The van der Waals surface area contributed by atoms with Crippen molar-refractivity contribution < 1.29 is 34.4 Å². The number of aliphatic hydroxyl groups excluding tert-OH is 1. The van der Waals surface area contributed by atoms with E-state index in [0.29, 0.717) is 5.92 Å². The van der Waals surface area contributed by atoms with Crippen LogP contribution in [0.5, 0.6) is 0 Å². The van der Waals surface area contributed by atoms with E-state index >= 15 is 0 Å². The summed E-state index contributed by atoms with van der Waals surface area (Å²) in [6.45, 7) is 23.4. The van der Waals surface area contributed by atoms with Crippen LogP contribution in [0.25, 0.3) is 54.1 Å². The number of aliphatic hydroxyl groups is 1. The molecular weight excluding hydrogens is 839 g/mol. The summed E-state index contributed by atoms with van der Waals surface area (Å²) in [6, 6.07) is 21.0. The first-order valence-corrected chi connectivity index (χ1v) is 19.6. The second-order valence-electron chi connectivity index (χ2n) is 16.2. The van der Waals surface area contributed by atoms with Gasteiger partial charge in [0.15, 0.2) is 5.78 Å². The molecule has 0 bridgehead atoms. The second-order valence-corrected chi connectivity index (χ2v) is 17.1. The number of ketones is 1. The summed E-state index contributed by atoms with van der Waals surface area (Å²) in [5, 5.41) is 18.4. The summed E-state index contributed by atoms with van der Waals surface area (Å²) in [6.07, 6.45) is 7.75. The predicted molar refractivity (Wildman–Crippen MR) is 219 cm³/mol. The third-order valence-electron chi connectivity index (χ3n) is 11.2. The van der Waals surface area contributed by atoms with Gasteiger partial charge in [-0.3, -0.25) is 9.78 Å². The molecule has 0 saturated carbocycles. The summed E-state index contributed by atoms with van der Waals surface area (Å²) >= 11 is 1.81. The SMILES string of the molecule is CC(C)Cc1csc2cc3oc4c(-c5[c-]c6ccccc6c(C(C)(C)C)c5)nccc4c3cc12.CCC(C)(CC)C(=O)/C=C(\O)C(C)(CC)CC.[Ir]. The molecule has 0 atom stereocenters. The van der Waals surface area contributed by atoms with Crippen LogP contribution in [0, 0.1) is 22.8 Å². The van der Waals surface area contributed by atoms with Gasteiger partial charge in [-0.2, -0.15) is 0 Å². The topological polar surface area (TPSA) is 63.3 Å². The summed E-state index contributed by atoms with van der Waals surface area (Å²) < 4.78 is 7.78. The molecule has 1 N–H and O–H groups in total. The Kier molecular flexibility index (Phi) is 13.0. The van der Waals surface area contributed by atoms with E-state index in [1.54, 1.807) is 11.3 Å². The molecule has 4 nitrogen and oxygen atoms in total. The number of rotatable bonds is 10. The van der Waals surface area contributed by atoms with Gasteiger partial charge in [0, 0.05) is 64.4 Å². The Morgan fingerprint density at radius 1 is 0.885 bits per heavy atom. The van der Waals surface area contributed by atoms with Crippen molar-refractivity contribution in [1.29, 1.82) is 0 Å². The van der Waals surface area contributed by atoms with Crippen LogP contribution in [-0.4, -0.2) is 15.9 Å². The van der Waals surface area contributed by atoms with Crippen LogP contribution >= 0.6 is 11.3 Å². The third-order valence-corrected chi connectivity index (χ3v) is 12.2. The molecule has 3 heterocycles. The van der Waals surface area contributed by atoms with E-state index < -0.39 is 0 Å². The van der Waals surface area contributed by atoms with Crippen molar-refractivity contribution in [2.45, 2.75) is 114 Å². The van der Waals surface area contributed by atoms with E-state index in [-0.39, 0.29) is 47.9 Å². The number of carbonyl (C=O) groups excluding carboxylic acids is 1. The largest absolute Gasteiger partial charge is 0.512 e. The Bertz CT molecular complexity index is 2210. The van der Waals surface area contributed by atoms with Crippen molar-refractivity contribution in [2.75, 3.05) is 0 Å². The Labute approximate surface area is 328 Å².